The van der Waals surface area contributed by atoms with Crippen LogP contribution in [0.5, 0.6) is 5.75 Å². The summed E-state index contributed by atoms with van der Waals surface area (Å²) in [6.45, 7) is 0.0246. The fraction of sp³-hybridized carbons (Fsp3) is 0.0667. The molecule has 0 amide bonds. The molecule has 2 rings (SSSR count). The van der Waals surface area contributed by atoms with E-state index in [2.05, 4.69) is 0 Å². The number of hydrogen-bond donors (Lipinski definition) is 1. The Labute approximate surface area is 115 Å². The molecular formula is C15H10FN3O. The lowest BCUT2D eigenvalue weighted by Crippen LogP contribution is -2.01. The first-order chi connectivity index (χ1) is 9.63. The van der Waals surface area contributed by atoms with Crippen molar-refractivity contribution >= 4 is 5.69 Å². The Hall–Kier alpha value is -3.05. The topological polar surface area (TPSA) is 82.8 Å². The van der Waals surface area contributed by atoms with Gasteiger partial charge in [-0.3, -0.25) is 0 Å². The number of nitrogens with zero attached hydrogens (tertiary/aromatic N) is 2. The van der Waals surface area contributed by atoms with Gasteiger partial charge in [0.2, 0.25) is 0 Å². The molecule has 0 aromatic heterocycles. The lowest BCUT2D eigenvalue weighted by molar-refractivity contribution is 0.307. The molecule has 2 aromatic rings. The second kappa shape index (κ2) is 5.73. The molecule has 0 bridgehead atoms. The summed E-state index contributed by atoms with van der Waals surface area (Å²) in [5.74, 6) is -0.0486. The van der Waals surface area contributed by atoms with Gasteiger partial charge in [-0.15, -0.1) is 0 Å². The largest absolute Gasteiger partial charge is 0.487 e. The Morgan fingerprint density at radius 2 is 1.90 bits per heavy atom. The molecule has 0 fully saturated rings. The van der Waals surface area contributed by atoms with Crippen LogP contribution in [0.2, 0.25) is 0 Å². The first kappa shape index (κ1) is 13.4. The number of ether oxygens (including phenoxy) is 1. The molecule has 0 atom stereocenters. The fourth-order valence-electron chi connectivity index (χ4n) is 1.70. The van der Waals surface area contributed by atoms with Gasteiger partial charge in [0, 0.05) is 5.56 Å². The minimum Gasteiger partial charge on any atom is -0.487 e. The predicted molar refractivity (Wildman–Crippen MR) is 71.0 cm³/mol. The first-order valence-corrected chi connectivity index (χ1v) is 5.75. The van der Waals surface area contributed by atoms with Crippen molar-refractivity contribution in [2.24, 2.45) is 0 Å². The molecule has 2 N–H and O–H groups in total. The third-order valence-electron chi connectivity index (χ3n) is 2.71. The van der Waals surface area contributed by atoms with Crippen molar-refractivity contribution in [1.82, 2.24) is 0 Å². The van der Waals surface area contributed by atoms with Crippen molar-refractivity contribution in [3.05, 3.63) is 58.9 Å². The highest BCUT2D eigenvalue weighted by Gasteiger charge is 2.07. The maximum Gasteiger partial charge on any atom is 0.142 e. The van der Waals surface area contributed by atoms with Crippen LogP contribution in [0.25, 0.3) is 0 Å². The molecule has 0 saturated carbocycles. The molecule has 0 saturated heterocycles. The second-order valence-electron chi connectivity index (χ2n) is 4.07. The van der Waals surface area contributed by atoms with Crippen molar-refractivity contribution in [2.45, 2.75) is 6.61 Å². The van der Waals surface area contributed by atoms with Crippen LogP contribution in [-0.2, 0) is 6.61 Å². The Morgan fingerprint density at radius 1 is 1.10 bits per heavy atom. The number of nitriles is 2. The van der Waals surface area contributed by atoms with Gasteiger partial charge in [0.05, 0.1) is 29.0 Å². The number of benzene rings is 2. The molecule has 5 heteroatoms. The quantitative estimate of drug-likeness (QED) is 0.867. The zero-order chi connectivity index (χ0) is 14.5. The molecule has 4 nitrogen and oxygen atoms in total. The van der Waals surface area contributed by atoms with Gasteiger partial charge in [0.25, 0.3) is 0 Å². The average Bonchev–Trinajstić information content (AvgIpc) is 2.46. The summed E-state index contributed by atoms with van der Waals surface area (Å²) in [6.07, 6.45) is 0. The van der Waals surface area contributed by atoms with E-state index in [-0.39, 0.29) is 6.61 Å². The molecule has 20 heavy (non-hydrogen) atoms. The number of anilines is 1. The maximum atomic E-state index is 13.2. The zero-order valence-electron chi connectivity index (χ0n) is 10.4. The van der Waals surface area contributed by atoms with Crippen LogP contribution in [0.15, 0.2) is 36.4 Å². The summed E-state index contributed by atoms with van der Waals surface area (Å²) in [6, 6.07) is 12.4. The summed E-state index contributed by atoms with van der Waals surface area (Å²) in [5, 5.41) is 17.7. The number of rotatable bonds is 3. The van der Waals surface area contributed by atoms with E-state index in [1.807, 2.05) is 12.1 Å². The highest BCUT2D eigenvalue weighted by Crippen LogP contribution is 2.24. The van der Waals surface area contributed by atoms with E-state index >= 15 is 0 Å². The van der Waals surface area contributed by atoms with Gasteiger partial charge in [-0.25, -0.2) is 4.39 Å². The van der Waals surface area contributed by atoms with Gasteiger partial charge in [-0.05, 0) is 36.4 Å². The van der Waals surface area contributed by atoms with Crippen molar-refractivity contribution < 1.29 is 9.13 Å². The van der Waals surface area contributed by atoms with Crippen molar-refractivity contribution in [2.75, 3.05) is 5.73 Å². The van der Waals surface area contributed by atoms with Crippen molar-refractivity contribution in [3.63, 3.8) is 0 Å². The van der Waals surface area contributed by atoms with Gasteiger partial charge in [0.15, 0.2) is 0 Å². The zero-order valence-corrected chi connectivity index (χ0v) is 10.4. The van der Waals surface area contributed by atoms with Crippen LogP contribution in [0.1, 0.15) is 16.7 Å². The molecule has 0 heterocycles. The van der Waals surface area contributed by atoms with Gasteiger partial charge >= 0.3 is 0 Å². The van der Waals surface area contributed by atoms with Crippen molar-refractivity contribution in [3.8, 4) is 17.9 Å². The summed E-state index contributed by atoms with van der Waals surface area (Å²) in [5.41, 5.74) is 7.28. The SMILES string of the molecule is N#Cc1ccc(OCc2cc(F)ccc2C#N)c(N)c1. The smallest absolute Gasteiger partial charge is 0.142 e. The van der Waals surface area contributed by atoms with Crippen LogP contribution in [0, 0.1) is 28.5 Å². The Kier molecular flexibility index (Phi) is 3.83. The van der Waals surface area contributed by atoms with Gasteiger partial charge in [0.1, 0.15) is 18.2 Å². The number of hydrogen-bond acceptors (Lipinski definition) is 4. The lowest BCUT2D eigenvalue weighted by Gasteiger charge is -2.10. The monoisotopic (exact) mass is 267 g/mol. The van der Waals surface area contributed by atoms with Crippen LogP contribution < -0.4 is 10.5 Å². The van der Waals surface area contributed by atoms with Crippen LogP contribution >= 0.6 is 0 Å². The molecular weight excluding hydrogens is 257 g/mol. The number of nitrogens with two attached hydrogens (primary N) is 1. The summed E-state index contributed by atoms with van der Waals surface area (Å²) in [7, 11) is 0. The van der Waals surface area contributed by atoms with Crippen LogP contribution in [0.4, 0.5) is 10.1 Å². The molecule has 98 valence electrons. The molecule has 0 radical (unpaired) electrons. The standard InChI is InChI=1S/C15H10FN3O/c16-13-3-2-11(8-18)12(6-13)9-20-15-4-1-10(7-17)5-14(15)19/h1-6H,9,19H2. The minimum atomic E-state index is -0.435. The molecule has 0 aliphatic heterocycles. The second-order valence-corrected chi connectivity index (χ2v) is 4.07. The lowest BCUT2D eigenvalue weighted by atomic mass is 10.1. The first-order valence-electron chi connectivity index (χ1n) is 5.75. The fourth-order valence-corrected chi connectivity index (χ4v) is 1.70. The predicted octanol–water partition coefficient (Wildman–Crippen LogP) is 2.73. The molecule has 0 aliphatic rings. The summed E-state index contributed by atoms with van der Waals surface area (Å²) < 4.78 is 18.6. The highest BCUT2D eigenvalue weighted by molar-refractivity contribution is 5.56. The van der Waals surface area contributed by atoms with E-state index in [1.54, 1.807) is 12.1 Å². The Bertz CT molecular complexity index is 729. The van der Waals surface area contributed by atoms with Crippen LogP contribution in [0.3, 0.4) is 0 Å². The maximum absolute atomic E-state index is 13.2. The number of halogens is 1. The van der Waals surface area contributed by atoms with Crippen LogP contribution in [-0.4, -0.2) is 0 Å². The average molecular weight is 267 g/mol. The molecule has 0 unspecified atom stereocenters. The van der Waals surface area contributed by atoms with Gasteiger partial charge in [-0.2, -0.15) is 10.5 Å². The third-order valence-corrected chi connectivity index (χ3v) is 2.71. The summed E-state index contributed by atoms with van der Waals surface area (Å²) >= 11 is 0. The van der Waals surface area contributed by atoms with E-state index < -0.39 is 5.82 Å². The van der Waals surface area contributed by atoms with Gasteiger partial charge < -0.3 is 10.5 Å². The van der Waals surface area contributed by atoms with E-state index in [9.17, 15) is 4.39 Å². The molecule has 2 aromatic carbocycles. The summed E-state index contributed by atoms with van der Waals surface area (Å²) in [4.78, 5) is 0. The van der Waals surface area contributed by atoms with Gasteiger partial charge in [-0.1, -0.05) is 0 Å². The minimum absolute atomic E-state index is 0.0246. The van der Waals surface area contributed by atoms with E-state index in [4.69, 9.17) is 21.0 Å². The van der Waals surface area contributed by atoms with E-state index in [0.29, 0.717) is 28.1 Å². The Balaban J connectivity index is 2.19. The Morgan fingerprint density at radius 3 is 2.55 bits per heavy atom. The number of nitrogen functional groups attached to an aromatic ring is 1. The molecule has 0 spiro atoms. The van der Waals surface area contributed by atoms with E-state index in [0.717, 1.165) is 0 Å². The van der Waals surface area contributed by atoms with Crippen molar-refractivity contribution in [1.29, 1.82) is 10.5 Å². The third kappa shape index (κ3) is 2.85. The van der Waals surface area contributed by atoms with E-state index in [1.165, 1.54) is 24.3 Å². The highest BCUT2D eigenvalue weighted by atomic mass is 19.1. The molecule has 0 aliphatic carbocycles. The normalized spacial score (nSPS) is 9.55.